The molecule has 0 radical (unpaired) electrons. The Bertz CT molecular complexity index is 614. The van der Waals surface area contributed by atoms with Crippen LogP contribution in [0.25, 0.3) is 0 Å². The maximum Gasteiger partial charge on any atom is 0.130 e. The molecule has 0 N–H and O–H groups in total. The van der Waals surface area contributed by atoms with Crippen molar-refractivity contribution < 1.29 is 9.13 Å². The topological polar surface area (TPSA) is 9.23 Å². The Morgan fingerprint density at radius 3 is 2.32 bits per heavy atom. The van der Waals surface area contributed by atoms with Crippen molar-refractivity contribution in [1.29, 1.82) is 0 Å². The van der Waals surface area contributed by atoms with Gasteiger partial charge in [0.25, 0.3) is 0 Å². The van der Waals surface area contributed by atoms with Gasteiger partial charge in [0, 0.05) is 12.5 Å². The predicted molar refractivity (Wildman–Crippen MR) is 77.2 cm³/mol. The SMILES string of the molecule is COc1ccc(Cc2ccc(Cl)c(Cl)c2Cl)c(F)c1. The summed E-state index contributed by atoms with van der Waals surface area (Å²) < 4.78 is 18.8. The van der Waals surface area contributed by atoms with Crippen LogP contribution in [0.4, 0.5) is 4.39 Å². The lowest BCUT2D eigenvalue weighted by Gasteiger charge is -2.09. The maximum atomic E-state index is 13.9. The Morgan fingerprint density at radius 2 is 1.68 bits per heavy atom. The highest BCUT2D eigenvalue weighted by Gasteiger charge is 2.11. The van der Waals surface area contributed by atoms with Crippen LogP contribution in [0.1, 0.15) is 11.1 Å². The first kappa shape index (κ1) is 14.4. The van der Waals surface area contributed by atoms with Gasteiger partial charge in [-0.05, 0) is 23.3 Å². The minimum absolute atomic E-state index is 0.287. The molecule has 0 saturated heterocycles. The van der Waals surface area contributed by atoms with Crippen LogP contribution in [0.15, 0.2) is 30.3 Å². The molecule has 5 heteroatoms. The second-order valence-electron chi connectivity index (χ2n) is 3.97. The van der Waals surface area contributed by atoms with E-state index in [0.717, 1.165) is 5.56 Å². The van der Waals surface area contributed by atoms with E-state index in [0.29, 0.717) is 27.8 Å². The Hall–Kier alpha value is -0.960. The van der Waals surface area contributed by atoms with Crippen LogP contribution >= 0.6 is 34.8 Å². The van der Waals surface area contributed by atoms with E-state index in [9.17, 15) is 4.39 Å². The van der Waals surface area contributed by atoms with Gasteiger partial charge < -0.3 is 4.74 Å². The molecule has 0 heterocycles. The van der Waals surface area contributed by atoms with Gasteiger partial charge in [-0.3, -0.25) is 0 Å². The first-order chi connectivity index (χ1) is 9.02. The summed E-state index contributed by atoms with van der Waals surface area (Å²) in [4.78, 5) is 0. The van der Waals surface area contributed by atoms with E-state index in [1.807, 2.05) is 0 Å². The summed E-state index contributed by atoms with van der Waals surface area (Å²) in [6.45, 7) is 0. The van der Waals surface area contributed by atoms with Gasteiger partial charge >= 0.3 is 0 Å². The molecule has 19 heavy (non-hydrogen) atoms. The fourth-order valence-electron chi connectivity index (χ4n) is 1.71. The average molecular weight is 320 g/mol. The summed E-state index contributed by atoms with van der Waals surface area (Å²) in [5, 5.41) is 1.02. The first-order valence-corrected chi connectivity index (χ1v) is 6.61. The van der Waals surface area contributed by atoms with Crippen molar-refractivity contribution >= 4 is 34.8 Å². The molecule has 0 atom stereocenters. The van der Waals surface area contributed by atoms with Crippen LogP contribution in [-0.2, 0) is 6.42 Å². The van der Waals surface area contributed by atoms with Gasteiger partial charge in [0.15, 0.2) is 0 Å². The highest BCUT2D eigenvalue weighted by molar-refractivity contribution is 6.48. The van der Waals surface area contributed by atoms with E-state index in [-0.39, 0.29) is 10.8 Å². The highest BCUT2D eigenvalue weighted by Crippen LogP contribution is 2.34. The maximum absolute atomic E-state index is 13.9. The van der Waals surface area contributed by atoms with Crippen molar-refractivity contribution in [2.45, 2.75) is 6.42 Å². The quantitative estimate of drug-likeness (QED) is 0.690. The van der Waals surface area contributed by atoms with Crippen LogP contribution in [-0.4, -0.2) is 7.11 Å². The smallest absolute Gasteiger partial charge is 0.130 e. The van der Waals surface area contributed by atoms with Gasteiger partial charge in [-0.1, -0.05) is 46.9 Å². The van der Waals surface area contributed by atoms with E-state index in [4.69, 9.17) is 39.5 Å². The van der Waals surface area contributed by atoms with Crippen molar-refractivity contribution in [3.05, 3.63) is 62.3 Å². The van der Waals surface area contributed by atoms with Crippen LogP contribution in [0.5, 0.6) is 5.75 Å². The van der Waals surface area contributed by atoms with Gasteiger partial charge in [-0.15, -0.1) is 0 Å². The summed E-state index contributed by atoms with van der Waals surface area (Å²) in [6.07, 6.45) is 0.339. The third kappa shape index (κ3) is 3.14. The Morgan fingerprint density at radius 1 is 1.00 bits per heavy atom. The van der Waals surface area contributed by atoms with E-state index in [2.05, 4.69) is 0 Å². The fourth-order valence-corrected chi connectivity index (χ4v) is 2.33. The van der Waals surface area contributed by atoms with E-state index >= 15 is 0 Å². The van der Waals surface area contributed by atoms with E-state index in [1.54, 1.807) is 24.3 Å². The lowest BCUT2D eigenvalue weighted by Crippen LogP contribution is -1.95. The third-order valence-corrected chi connectivity index (χ3v) is 4.09. The molecule has 0 spiro atoms. The number of halogens is 4. The van der Waals surface area contributed by atoms with Crippen molar-refractivity contribution in [2.75, 3.05) is 7.11 Å². The minimum Gasteiger partial charge on any atom is -0.497 e. The van der Waals surface area contributed by atoms with E-state index in [1.165, 1.54) is 13.2 Å². The molecular formula is C14H10Cl3FO. The summed E-state index contributed by atoms with van der Waals surface area (Å²) >= 11 is 17.9. The summed E-state index contributed by atoms with van der Waals surface area (Å²) in [7, 11) is 1.49. The number of methoxy groups -OCH3 is 1. The fraction of sp³-hybridized carbons (Fsp3) is 0.143. The van der Waals surface area contributed by atoms with Crippen LogP contribution in [0.3, 0.4) is 0 Å². The number of benzene rings is 2. The number of ether oxygens (including phenoxy) is 1. The number of hydrogen-bond acceptors (Lipinski definition) is 1. The van der Waals surface area contributed by atoms with Crippen molar-refractivity contribution in [3.8, 4) is 5.75 Å². The molecule has 0 unspecified atom stereocenters. The summed E-state index contributed by atoms with van der Waals surface area (Å²) in [5.74, 6) is 0.128. The summed E-state index contributed by atoms with van der Waals surface area (Å²) in [5.41, 5.74) is 1.24. The zero-order valence-electron chi connectivity index (χ0n) is 10.0. The van der Waals surface area contributed by atoms with Gasteiger partial charge in [0.2, 0.25) is 0 Å². The van der Waals surface area contributed by atoms with Gasteiger partial charge in [-0.2, -0.15) is 0 Å². The third-order valence-electron chi connectivity index (χ3n) is 2.76. The van der Waals surface area contributed by atoms with Gasteiger partial charge in [-0.25, -0.2) is 4.39 Å². The molecule has 0 fully saturated rings. The lowest BCUT2D eigenvalue weighted by atomic mass is 10.0. The highest BCUT2D eigenvalue weighted by atomic mass is 35.5. The average Bonchev–Trinajstić information content (AvgIpc) is 2.41. The van der Waals surface area contributed by atoms with Crippen molar-refractivity contribution in [3.63, 3.8) is 0 Å². The molecule has 0 aliphatic rings. The zero-order chi connectivity index (χ0) is 14.0. The van der Waals surface area contributed by atoms with Gasteiger partial charge in [0.1, 0.15) is 11.6 Å². The molecule has 2 aromatic carbocycles. The zero-order valence-corrected chi connectivity index (χ0v) is 12.3. The Balaban J connectivity index is 2.34. The normalized spacial score (nSPS) is 10.6. The predicted octanol–water partition coefficient (Wildman–Crippen LogP) is 5.39. The molecule has 100 valence electrons. The van der Waals surface area contributed by atoms with Crippen LogP contribution in [0.2, 0.25) is 15.1 Å². The molecule has 0 saturated carbocycles. The molecule has 0 amide bonds. The molecule has 0 bridgehead atoms. The molecule has 0 aliphatic carbocycles. The van der Waals surface area contributed by atoms with E-state index < -0.39 is 0 Å². The minimum atomic E-state index is -0.346. The van der Waals surface area contributed by atoms with Crippen molar-refractivity contribution in [2.24, 2.45) is 0 Å². The molecule has 2 rings (SSSR count). The lowest BCUT2D eigenvalue weighted by molar-refractivity contribution is 0.411. The monoisotopic (exact) mass is 318 g/mol. The van der Waals surface area contributed by atoms with Gasteiger partial charge in [0.05, 0.1) is 22.2 Å². The molecule has 0 aliphatic heterocycles. The van der Waals surface area contributed by atoms with Crippen molar-refractivity contribution in [1.82, 2.24) is 0 Å². The Labute approximate surface area is 125 Å². The Kier molecular flexibility index (Phi) is 4.56. The molecule has 2 aromatic rings. The molecular weight excluding hydrogens is 310 g/mol. The molecule has 1 nitrogen and oxygen atoms in total. The number of hydrogen-bond donors (Lipinski definition) is 0. The van der Waals surface area contributed by atoms with Crippen LogP contribution in [0, 0.1) is 5.82 Å². The van der Waals surface area contributed by atoms with Crippen LogP contribution < -0.4 is 4.74 Å². The largest absolute Gasteiger partial charge is 0.497 e. The standard InChI is InChI=1S/C14H10Cl3FO/c1-19-10-4-2-8(12(18)7-10)6-9-3-5-11(15)14(17)13(9)16/h2-5,7H,6H2,1H3. The second-order valence-corrected chi connectivity index (χ2v) is 5.13. The first-order valence-electron chi connectivity index (χ1n) is 5.47. The molecule has 0 aromatic heterocycles. The number of rotatable bonds is 3. The summed E-state index contributed by atoms with van der Waals surface area (Å²) in [6, 6.07) is 8.07. The second kappa shape index (κ2) is 6.00.